The Morgan fingerprint density at radius 1 is 0.936 bits per heavy atom. The molecule has 3 atom stereocenters. The van der Waals surface area contributed by atoms with E-state index in [0.29, 0.717) is 26.1 Å². The third-order valence-corrected chi connectivity index (χ3v) is 10.9. The van der Waals surface area contributed by atoms with Crippen LogP contribution in [0.1, 0.15) is 35.8 Å². The molecule has 0 spiro atoms. The molecule has 3 amide bonds. The molecule has 3 heterocycles. The molecule has 3 aromatic carbocycles. The van der Waals surface area contributed by atoms with Gasteiger partial charge in [-0.05, 0) is 67.9 Å². The van der Waals surface area contributed by atoms with E-state index in [4.69, 9.17) is 0 Å². The number of aromatic hydroxyl groups is 1. The quantitative estimate of drug-likeness (QED) is 0.176. The number of hydrogen-bond acceptors (Lipinski definition) is 8. The normalized spacial score (nSPS) is 19.0. The number of aromatic nitrogens is 1. The maximum Gasteiger partial charge on any atom is 0.418 e. The van der Waals surface area contributed by atoms with Crippen molar-refractivity contribution < 1.29 is 32.7 Å². The molecule has 0 bridgehead atoms. The van der Waals surface area contributed by atoms with Crippen molar-refractivity contribution in [1.29, 1.82) is 0 Å². The van der Waals surface area contributed by atoms with Gasteiger partial charge in [0, 0.05) is 35.3 Å². The van der Waals surface area contributed by atoms with Crippen molar-refractivity contribution in [3.8, 4) is 5.75 Å². The lowest BCUT2D eigenvalue weighted by molar-refractivity contribution is -0.137. The van der Waals surface area contributed by atoms with E-state index in [1.165, 1.54) is 41.0 Å². The smallest absolute Gasteiger partial charge is 0.418 e. The first-order chi connectivity index (χ1) is 22.4. The predicted molar refractivity (Wildman–Crippen MR) is 174 cm³/mol. The highest BCUT2D eigenvalue weighted by Gasteiger charge is 2.57. The van der Waals surface area contributed by atoms with Gasteiger partial charge in [0.25, 0.3) is 0 Å². The van der Waals surface area contributed by atoms with Crippen molar-refractivity contribution in [3.05, 3.63) is 98.5 Å². The Bertz CT molecular complexity index is 1900. The summed E-state index contributed by atoms with van der Waals surface area (Å²) in [5, 5.41) is 11.4. The lowest BCUT2D eigenvalue weighted by Gasteiger charge is -2.31. The highest BCUT2D eigenvalue weighted by molar-refractivity contribution is 8.00. The number of fused-ring (bicyclic) bond motifs is 2. The van der Waals surface area contributed by atoms with Gasteiger partial charge in [-0.1, -0.05) is 47.4 Å². The van der Waals surface area contributed by atoms with Gasteiger partial charge >= 0.3 is 11.0 Å². The van der Waals surface area contributed by atoms with Gasteiger partial charge in [0.1, 0.15) is 17.5 Å². The second kappa shape index (κ2) is 12.6. The number of carbonyl (C=O) groups is 3. The molecular formula is C33H29F3N4O5S2. The lowest BCUT2D eigenvalue weighted by atomic mass is 9.83. The van der Waals surface area contributed by atoms with Gasteiger partial charge in [-0.15, -0.1) is 0 Å². The van der Waals surface area contributed by atoms with Crippen LogP contribution in [-0.4, -0.2) is 45.7 Å². The number of hydrogen-bond donors (Lipinski definition) is 2. The van der Waals surface area contributed by atoms with Crippen LogP contribution >= 0.6 is 23.1 Å². The number of anilines is 3. The number of imide groups is 1. The second-order valence-corrected chi connectivity index (χ2v) is 13.2. The number of alkyl halides is 3. The van der Waals surface area contributed by atoms with E-state index >= 15 is 0 Å². The summed E-state index contributed by atoms with van der Waals surface area (Å²) in [6.07, 6.45) is -4.82. The summed E-state index contributed by atoms with van der Waals surface area (Å²) < 4.78 is 43.4. The van der Waals surface area contributed by atoms with Crippen LogP contribution in [0.25, 0.3) is 0 Å². The number of halogens is 3. The zero-order chi connectivity index (χ0) is 33.6. The zero-order valence-electron chi connectivity index (χ0n) is 25.2. The Balaban J connectivity index is 1.43. The largest absolute Gasteiger partial charge is 0.508 e. The van der Waals surface area contributed by atoms with Crippen molar-refractivity contribution >= 4 is 57.9 Å². The first-order valence-corrected chi connectivity index (χ1v) is 16.5. The van der Waals surface area contributed by atoms with Crippen LogP contribution < -0.4 is 20.0 Å². The van der Waals surface area contributed by atoms with Crippen LogP contribution in [-0.2, 0) is 27.1 Å². The Labute approximate surface area is 275 Å². The van der Waals surface area contributed by atoms with Crippen LogP contribution in [0.15, 0.2) is 82.6 Å². The highest BCUT2D eigenvalue weighted by Crippen LogP contribution is 2.54. The maximum atomic E-state index is 14.1. The molecule has 47 heavy (non-hydrogen) atoms. The van der Waals surface area contributed by atoms with E-state index < -0.39 is 63.7 Å². The van der Waals surface area contributed by atoms with Crippen molar-refractivity contribution in [2.24, 2.45) is 5.92 Å². The van der Waals surface area contributed by atoms with Gasteiger partial charge in [0.05, 0.1) is 22.2 Å². The van der Waals surface area contributed by atoms with Crippen molar-refractivity contribution in [3.63, 3.8) is 0 Å². The maximum absolute atomic E-state index is 14.1. The van der Waals surface area contributed by atoms with E-state index in [0.717, 1.165) is 54.0 Å². The molecule has 3 unspecified atom stereocenters. The fraction of sp³-hybridized carbons (Fsp3) is 0.273. The first kappa shape index (κ1) is 32.4. The molecule has 2 aliphatic rings. The number of thiazole rings is 1. The average Bonchev–Trinajstić information content (AvgIpc) is 3.48. The molecular weight excluding hydrogens is 654 g/mol. The zero-order valence-corrected chi connectivity index (χ0v) is 26.8. The standard InChI is InChI=1S/C33H29F3N4O5S2/c1-3-38(4-2)20-13-9-18(10-14-20)25-26-27(30(44)40(29(26)43)23-8-6-5-7-22(23)33(34,35)36)46-31-28(25)47-32(45)39(31)17-24(42)37-19-11-15-21(41)16-12-19/h5-16,25-27,41H,3-4,17H2,1-2H3,(H,37,42). The van der Waals surface area contributed by atoms with Crippen molar-refractivity contribution in [2.45, 2.75) is 42.8 Å². The van der Waals surface area contributed by atoms with Crippen LogP contribution in [0, 0.1) is 5.92 Å². The van der Waals surface area contributed by atoms with E-state index in [-0.39, 0.29) is 5.75 Å². The minimum absolute atomic E-state index is 0.0101. The SMILES string of the molecule is CCN(CC)c1ccc(C2c3sc(=O)n(CC(=O)Nc4ccc(O)cc4)c3SC3C(=O)N(c4ccccc4C(F)(F)F)C(=O)C32)cc1. The lowest BCUT2D eigenvalue weighted by Crippen LogP contribution is -2.33. The molecule has 2 N–H and O–H groups in total. The van der Waals surface area contributed by atoms with Crippen LogP contribution in [0.3, 0.4) is 0 Å². The van der Waals surface area contributed by atoms with Gasteiger partial charge in [-0.25, -0.2) is 4.90 Å². The molecule has 14 heteroatoms. The number of para-hydroxylation sites is 1. The Morgan fingerprint density at radius 2 is 1.60 bits per heavy atom. The minimum atomic E-state index is -4.82. The third-order valence-electron chi connectivity index (χ3n) is 8.33. The number of nitrogens with one attached hydrogen (secondary N) is 1. The number of amides is 3. The molecule has 4 aromatic rings. The topological polar surface area (TPSA) is 112 Å². The number of carbonyl (C=O) groups excluding carboxylic acids is 3. The summed E-state index contributed by atoms with van der Waals surface area (Å²) in [7, 11) is 0. The number of phenolic OH excluding ortho intramolecular Hbond substituents is 1. The monoisotopic (exact) mass is 682 g/mol. The summed E-state index contributed by atoms with van der Waals surface area (Å²) in [6, 6.07) is 17.6. The molecule has 1 aromatic heterocycles. The predicted octanol–water partition coefficient (Wildman–Crippen LogP) is 5.91. The van der Waals surface area contributed by atoms with Gasteiger partial charge in [-0.2, -0.15) is 13.2 Å². The Hall–Kier alpha value is -4.56. The molecule has 0 radical (unpaired) electrons. The first-order valence-electron chi connectivity index (χ1n) is 14.8. The number of phenols is 1. The van der Waals surface area contributed by atoms with E-state index in [1.54, 1.807) is 0 Å². The number of benzene rings is 3. The summed E-state index contributed by atoms with van der Waals surface area (Å²) >= 11 is 1.77. The Morgan fingerprint density at radius 3 is 2.23 bits per heavy atom. The number of nitrogens with zero attached hydrogens (tertiary/aromatic N) is 3. The molecule has 9 nitrogen and oxygen atoms in total. The van der Waals surface area contributed by atoms with Gasteiger partial charge in [0.2, 0.25) is 17.7 Å². The van der Waals surface area contributed by atoms with Crippen LogP contribution in [0.4, 0.5) is 30.2 Å². The summed E-state index contributed by atoms with van der Waals surface area (Å²) in [5.74, 6) is -4.08. The van der Waals surface area contributed by atoms with Crippen molar-refractivity contribution in [1.82, 2.24) is 4.57 Å². The van der Waals surface area contributed by atoms with Gasteiger partial charge < -0.3 is 15.3 Å². The van der Waals surface area contributed by atoms with Crippen LogP contribution in [0.5, 0.6) is 5.75 Å². The fourth-order valence-electron chi connectivity index (χ4n) is 6.13. The molecule has 1 fully saturated rings. The molecule has 1 saturated heterocycles. The Kier molecular flexibility index (Phi) is 8.66. The van der Waals surface area contributed by atoms with E-state index in [2.05, 4.69) is 10.2 Å². The average molecular weight is 683 g/mol. The second-order valence-electron chi connectivity index (χ2n) is 11.1. The summed E-state index contributed by atoms with van der Waals surface area (Å²) in [5.41, 5.74) is 0.274. The van der Waals surface area contributed by atoms with Gasteiger partial charge in [-0.3, -0.25) is 23.7 Å². The number of thioether (sulfide) groups is 1. The van der Waals surface area contributed by atoms with E-state index in [1.807, 2.05) is 38.1 Å². The number of rotatable bonds is 8. The third kappa shape index (κ3) is 5.91. The summed E-state index contributed by atoms with van der Waals surface area (Å²) in [4.78, 5) is 57.3. The summed E-state index contributed by atoms with van der Waals surface area (Å²) in [6.45, 7) is 5.12. The highest BCUT2D eigenvalue weighted by atomic mass is 32.2. The molecule has 2 aliphatic heterocycles. The van der Waals surface area contributed by atoms with Crippen LogP contribution in [0.2, 0.25) is 0 Å². The molecule has 244 valence electrons. The molecule has 6 rings (SSSR count). The minimum Gasteiger partial charge on any atom is -0.508 e. The molecule has 0 saturated carbocycles. The molecule has 0 aliphatic carbocycles. The van der Waals surface area contributed by atoms with E-state index in [9.17, 15) is 37.5 Å². The van der Waals surface area contributed by atoms with Crippen molar-refractivity contribution in [2.75, 3.05) is 28.2 Å². The van der Waals surface area contributed by atoms with Gasteiger partial charge in [0.15, 0.2) is 0 Å². The fourth-order valence-corrected chi connectivity index (χ4v) is 8.90.